The highest BCUT2D eigenvalue weighted by atomic mass is 127. The Balaban J connectivity index is 2.21. The molecular weight excluding hydrogens is 285 g/mol. The van der Waals surface area contributed by atoms with E-state index in [0.29, 0.717) is 6.04 Å². The number of halogens is 1. The van der Waals surface area contributed by atoms with Crippen LogP contribution < -0.4 is 5.32 Å². The molecule has 0 bridgehead atoms. The molecule has 0 aromatic heterocycles. The van der Waals surface area contributed by atoms with E-state index in [1.807, 2.05) is 0 Å². The van der Waals surface area contributed by atoms with E-state index in [1.54, 1.807) is 0 Å². The lowest BCUT2D eigenvalue weighted by Gasteiger charge is -2.07. The molecule has 0 atom stereocenters. The third-order valence-electron chi connectivity index (χ3n) is 2.11. The average Bonchev–Trinajstić information content (AvgIpc) is 2.15. The van der Waals surface area contributed by atoms with Gasteiger partial charge in [-0.3, -0.25) is 0 Å². The summed E-state index contributed by atoms with van der Waals surface area (Å²) in [5, 5.41) is 3.43. The fourth-order valence-electron chi connectivity index (χ4n) is 1.33. The van der Waals surface area contributed by atoms with Gasteiger partial charge in [0.2, 0.25) is 0 Å². The monoisotopic (exact) mass is 303 g/mol. The Hall–Kier alpha value is -0.0900. The Morgan fingerprint density at radius 3 is 2.43 bits per heavy atom. The maximum absolute atomic E-state index is 3.43. The van der Waals surface area contributed by atoms with Crippen molar-refractivity contribution in [2.45, 2.75) is 32.7 Å². The molecular formula is C12H18IN. The third-order valence-corrected chi connectivity index (χ3v) is 2.83. The van der Waals surface area contributed by atoms with E-state index < -0.39 is 0 Å². The van der Waals surface area contributed by atoms with E-state index in [1.165, 1.54) is 22.0 Å². The molecule has 78 valence electrons. The van der Waals surface area contributed by atoms with E-state index in [4.69, 9.17) is 0 Å². The second kappa shape index (κ2) is 6.40. The Labute approximate surface area is 100 Å². The second-order valence-electron chi connectivity index (χ2n) is 3.84. The van der Waals surface area contributed by atoms with Crippen molar-refractivity contribution in [3.05, 3.63) is 33.4 Å². The molecule has 1 nitrogen and oxygen atoms in total. The minimum Gasteiger partial charge on any atom is -0.315 e. The van der Waals surface area contributed by atoms with Gasteiger partial charge in [0.1, 0.15) is 0 Å². The summed E-state index contributed by atoms with van der Waals surface area (Å²) in [4.78, 5) is 0. The van der Waals surface area contributed by atoms with Crippen LogP contribution in [0.4, 0.5) is 0 Å². The van der Waals surface area contributed by atoms with Crippen LogP contribution in [-0.4, -0.2) is 12.6 Å². The zero-order valence-corrected chi connectivity index (χ0v) is 11.0. The molecule has 0 unspecified atom stereocenters. The van der Waals surface area contributed by atoms with Crippen molar-refractivity contribution in [2.75, 3.05) is 6.54 Å². The highest BCUT2D eigenvalue weighted by Gasteiger charge is 1.94. The topological polar surface area (TPSA) is 12.0 Å². The van der Waals surface area contributed by atoms with Crippen molar-refractivity contribution in [2.24, 2.45) is 0 Å². The summed E-state index contributed by atoms with van der Waals surface area (Å²) in [6.07, 6.45) is 2.40. The number of rotatable bonds is 5. The van der Waals surface area contributed by atoms with E-state index >= 15 is 0 Å². The summed E-state index contributed by atoms with van der Waals surface area (Å²) in [6, 6.07) is 9.39. The molecule has 1 aromatic carbocycles. The highest BCUT2D eigenvalue weighted by Crippen LogP contribution is 2.08. The summed E-state index contributed by atoms with van der Waals surface area (Å²) in [5.41, 5.74) is 1.44. The van der Waals surface area contributed by atoms with Crippen LogP contribution in [0.1, 0.15) is 25.8 Å². The normalized spacial score (nSPS) is 10.9. The molecule has 0 amide bonds. The zero-order chi connectivity index (χ0) is 10.4. The van der Waals surface area contributed by atoms with Crippen LogP contribution in [0, 0.1) is 3.57 Å². The van der Waals surface area contributed by atoms with Crippen molar-refractivity contribution in [1.29, 1.82) is 0 Å². The molecule has 0 aliphatic rings. The smallest absolute Gasteiger partial charge is 0.0130 e. The molecule has 0 saturated heterocycles. The predicted octanol–water partition coefficient (Wildman–Crippen LogP) is 3.22. The molecule has 0 aliphatic heterocycles. The van der Waals surface area contributed by atoms with Crippen molar-refractivity contribution in [1.82, 2.24) is 5.32 Å². The van der Waals surface area contributed by atoms with Crippen molar-refractivity contribution < 1.29 is 0 Å². The third kappa shape index (κ3) is 4.96. The van der Waals surface area contributed by atoms with E-state index in [9.17, 15) is 0 Å². The van der Waals surface area contributed by atoms with Crippen molar-refractivity contribution >= 4 is 22.6 Å². The van der Waals surface area contributed by atoms with Gasteiger partial charge in [-0.05, 0) is 59.7 Å². The minimum absolute atomic E-state index is 0.603. The first-order valence-electron chi connectivity index (χ1n) is 5.16. The number of aryl methyl sites for hydroxylation is 1. The Bertz CT molecular complexity index is 254. The SMILES string of the molecule is CC(C)NCCCc1ccc(I)cc1. The summed E-state index contributed by atoms with van der Waals surface area (Å²) in [5.74, 6) is 0. The number of hydrogen-bond acceptors (Lipinski definition) is 1. The maximum Gasteiger partial charge on any atom is 0.0130 e. The largest absolute Gasteiger partial charge is 0.315 e. The van der Waals surface area contributed by atoms with Gasteiger partial charge in [0.05, 0.1) is 0 Å². The maximum atomic E-state index is 3.43. The van der Waals surface area contributed by atoms with Gasteiger partial charge >= 0.3 is 0 Å². The summed E-state index contributed by atoms with van der Waals surface area (Å²) >= 11 is 2.34. The summed E-state index contributed by atoms with van der Waals surface area (Å²) < 4.78 is 1.31. The molecule has 0 spiro atoms. The first kappa shape index (κ1) is 12.0. The van der Waals surface area contributed by atoms with Gasteiger partial charge in [0.25, 0.3) is 0 Å². The highest BCUT2D eigenvalue weighted by molar-refractivity contribution is 14.1. The molecule has 2 heteroatoms. The van der Waals surface area contributed by atoms with Gasteiger partial charge in [-0.1, -0.05) is 26.0 Å². The fourth-order valence-corrected chi connectivity index (χ4v) is 1.69. The molecule has 1 rings (SSSR count). The van der Waals surface area contributed by atoms with E-state index in [0.717, 1.165) is 6.54 Å². The molecule has 0 heterocycles. The van der Waals surface area contributed by atoms with Crippen LogP contribution in [-0.2, 0) is 6.42 Å². The van der Waals surface area contributed by atoms with Gasteiger partial charge in [-0.25, -0.2) is 0 Å². The first-order chi connectivity index (χ1) is 6.68. The van der Waals surface area contributed by atoms with E-state index in [-0.39, 0.29) is 0 Å². The summed E-state index contributed by atoms with van der Waals surface area (Å²) in [6.45, 7) is 5.49. The lowest BCUT2D eigenvalue weighted by atomic mass is 10.1. The van der Waals surface area contributed by atoms with E-state index in [2.05, 4.69) is 66.0 Å². The van der Waals surface area contributed by atoms with Gasteiger partial charge in [-0.15, -0.1) is 0 Å². The summed E-state index contributed by atoms with van der Waals surface area (Å²) in [7, 11) is 0. The average molecular weight is 303 g/mol. The van der Waals surface area contributed by atoms with Crippen LogP contribution in [0.5, 0.6) is 0 Å². The Morgan fingerprint density at radius 2 is 1.86 bits per heavy atom. The van der Waals surface area contributed by atoms with Gasteiger partial charge in [0.15, 0.2) is 0 Å². The molecule has 1 N–H and O–H groups in total. The minimum atomic E-state index is 0.603. The first-order valence-corrected chi connectivity index (χ1v) is 6.24. The van der Waals surface area contributed by atoms with Gasteiger partial charge < -0.3 is 5.32 Å². The van der Waals surface area contributed by atoms with Crippen molar-refractivity contribution in [3.63, 3.8) is 0 Å². The molecule has 0 aliphatic carbocycles. The lowest BCUT2D eigenvalue weighted by Crippen LogP contribution is -2.23. The number of nitrogens with one attached hydrogen (secondary N) is 1. The van der Waals surface area contributed by atoms with Gasteiger partial charge in [-0.2, -0.15) is 0 Å². The quantitative estimate of drug-likeness (QED) is 0.650. The second-order valence-corrected chi connectivity index (χ2v) is 5.08. The standard InChI is InChI=1S/C12H18IN/c1-10(2)14-9-3-4-11-5-7-12(13)8-6-11/h5-8,10,14H,3-4,9H2,1-2H3. The van der Waals surface area contributed by atoms with Gasteiger partial charge in [0, 0.05) is 9.61 Å². The fraction of sp³-hybridized carbons (Fsp3) is 0.500. The van der Waals surface area contributed by atoms with Crippen LogP contribution in [0.15, 0.2) is 24.3 Å². The van der Waals surface area contributed by atoms with Crippen molar-refractivity contribution in [3.8, 4) is 0 Å². The predicted molar refractivity (Wildman–Crippen MR) is 70.6 cm³/mol. The molecule has 1 aromatic rings. The number of hydrogen-bond donors (Lipinski definition) is 1. The van der Waals surface area contributed by atoms with Crippen LogP contribution >= 0.6 is 22.6 Å². The Kier molecular flexibility index (Phi) is 5.48. The van der Waals surface area contributed by atoms with Crippen LogP contribution in [0.3, 0.4) is 0 Å². The molecule has 0 fully saturated rings. The van der Waals surface area contributed by atoms with Crippen LogP contribution in [0.25, 0.3) is 0 Å². The number of benzene rings is 1. The molecule has 0 radical (unpaired) electrons. The molecule has 14 heavy (non-hydrogen) atoms. The molecule has 0 saturated carbocycles. The zero-order valence-electron chi connectivity index (χ0n) is 8.89. The lowest BCUT2D eigenvalue weighted by molar-refractivity contribution is 0.570. The Morgan fingerprint density at radius 1 is 1.21 bits per heavy atom. The van der Waals surface area contributed by atoms with Crippen LogP contribution in [0.2, 0.25) is 0 Å².